The molecule has 0 aromatic rings. The van der Waals surface area contributed by atoms with Crippen LogP contribution in [0.25, 0.3) is 0 Å². The molecule has 0 aromatic heterocycles. The van der Waals surface area contributed by atoms with Gasteiger partial charge in [-0.25, -0.2) is 0 Å². The molecule has 4 fully saturated rings. The zero-order valence-corrected chi connectivity index (χ0v) is 23.3. The molecule has 35 heavy (non-hydrogen) atoms. The van der Waals surface area contributed by atoms with Gasteiger partial charge in [0.15, 0.2) is 0 Å². The number of rotatable bonds is 6. The number of esters is 1. The Labute approximate surface area is 213 Å². The van der Waals surface area contributed by atoms with Crippen molar-refractivity contribution in [2.45, 2.75) is 136 Å². The predicted octanol–water partition coefficient (Wildman–Crippen LogP) is 5.49. The molecule has 11 atom stereocenters. The Morgan fingerprint density at radius 2 is 1.74 bits per heavy atom. The average Bonchev–Trinajstić information content (AvgIpc) is 3.10. The third kappa shape index (κ3) is 4.50. The number of carbonyl (C=O) groups excluding carboxylic acids is 1. The second kappa shape index (κ2) is 9.27. The zero-order chi connectivity index (χ0) is 26.0. The smallest absolute Gasteiger partial charge is 0.303 e. The number of aliphatic hydroxyl groups is 3. The van der Waals surface area contributed by atoms with Gasteiger partial charge in [-0.15, -0.1) is 0 Å². The molecule has 0 aromatic carbocycles. The van der Waals surface area contributed by atoms with E-state index in [0.717, 1.165) is 38.5 Å². The molecule has 0 amide bonds. The molecule has 4 aliphatic rings. The lowest BCUT2D eigenvalue weighted by Crippen LogP contribution is -2.69. The molecule has 4 aliphatic carbocycles. The van der Waals surface area contributed by atoms with Gasteiger partial charge in [0.05, 0.1) is 11.7 Å². The molecule has 0 radical (unpaired) electrons. The van der Waals surface area contributed by atoms with Crippen LogP contribution in [0.4, 0.5) is 0 Å². The van der Waals surface area contributed by atoms with Gasteiger partial charge in [0.1, 0.15) is 11.7 Å². The van der Waals surface area contributed by atoms with Crippen molar-refractivity contribution in [1.29, 1.82) is 0 Å². The summed E-state index contributed by atoms with van der Waals surface area (Å²) in [5.41, 5.74) is -1.83. The number of ether oxygens (including phenoxy) is 1. The van der Waals surface area contributed by atoms with E-state index in [-0.39, 0.29) is 22.7 Å². The molecular weight excluding hydrogens is 440 g/mol. The van der Waals surface area contributed by atoms with Crippen LogP contribution in [0.3, 0.4) is 0 Å². The van der Waals surface area contributed by atoms with Crippen molar-refractivity contribution in [2.75, 3.05) is 0 Å². The molecule has 5 nitrogen and oxygen atoms in total. The summed E-state index contributed by atoms with van der Waals surface area (Å²) in [6, 6.07) is 0. The Bertz CT molecular complexity index is 790. The molecule has 0 saturated heterocycles. The normalized spacial score (nSPS) is 47.3. The van der Waals surface area contributed by atoms with Crippen molar-refractivity contribution in [2.24, 2.45) is 46.3 Å². The summed E-state index contributed by atoms with van der Waals surface area (Å²) in [5.74, 6) is 2.70. The Morgan fingerprint density at radius 3 is 2.37 bits per heavy atom. The number of hydrogen-bond donors (Lipinski definition) is 3. The van der Waals surface area contributed by atoms with Crippen molar-refractivity contribution in [3.05, 3.63) is 0 Å². The third-order valence-corrected chi connectivity index (χ3v) is 12.1. The highest BCUT2D eigenvalue weighted by molar-refractivity contribution is 5.66. The lowest BCUT2D eigenvalue weighted by molar-refractivity contribution is -0.269. The van der Waals surface area contributed by atoms with Crippen molar-refractivity contribution >= 4 is 5.97 Å². The second-order valence-corrected chi connectivity index (χ2v) is 14.3. The summed E-state index contributed by atoms with van der Waals surface area (Å²) in [5, 5.41) is 32.9. The van der Waals surface area contributed by atoms with E-state index >= 15 is 0 Å². The van der Waals surface area contributed by atoms with Crippen LogP contribution in [0.1, 0.15) is 113 Å². The van der Waals surface area contributed by atoms with E-state index in [1.165, 1.54) is 26.2 Å². The van der Waals surface area contributed by atoms with Gasteiger partial charge in [-0.05, 0) is 106 Å². The third-order valence-electron chi connectivity index (χ3n) is 12.1. The van der Waals surface area contributed by atoms with Crippen LogP contribution in [0, 0.1) is 46.3 Å². The highest BCUT2D eigenvalue weighted by atomic mass is 16.6. The lowest BCUT2D eigenvalue weighted by Gasteiger charge is -2.65. The number of carbonyl (C=O) groups is 1. The largest absolute Gasteiger partial charge is 0.459 e. The average molecular weight is 493 g/mol. The Morgan fingerprint density at radius 1 is 1.06 bits per heavy atom. The van der Waals surface area contributed by atoms with Gasteiger partial charge in [0.25, 0.3) is 0 Å². The maximum Gasteiger partial charge on any atom is 0.303 e. The summed E-state index contributed by atoms with van der Waals surface area (Å²) in [6.45, 7) is 14.6. The van der Waals surface area contributed by atoms with E-state index in [9.17, 15) is 20.1 Å². The first-order chi connectivity index (χ1) is 16.1. The van der Waals surface area contributed by atoms with Crippen molar-refractivity contribution in [3.8, 4) is 0 Å². The van der Waals surface area contributed by atoms with Crippen LogP contribution in [0.5, 0.6) is 0 Å². The van der Waals surface area contributed by atoms with E-state index in [4.69, 9.17) is 4.74 Å². The van der Waals surface area contributed by atoms with E-state index in [1.54, 1.807) is 0 Å². The maximum absolute atomic E-state index is 12.1. The standard InChI is InChI=1S/C30H52O5/c1-18(8-9-19(2)27(4,5)33)23-10-11-24-22-16-26(35-20(3)31)30(34)17-21(32)12-15-29(30,7)25(22)13-14-28(23,24)6/h18-19,21-26,32-34H,8-17H2,1-7H3. The lowest BCUT2D eigenvalue weighted by atomic mass is 9.42. The second-order valence-electron chi connectivity index (χ2n) is 14.3. The van der Waals surface area contributed by atoms with Gasteiger partial charge >= 0.3 is 5.97 Å². The molecule has 0 bridgehead atoms. The zero-order valence-electron chi connectivity index (χ0n) is 23.3. The molecule has 0 aliphatic heterocycles. The fourth-order valence-corrected chi connectivity index (χ4v) is 9.62. The Hall–Kier alpha value is -0.650. The molecule has 5 heteroatoms. The Kier molecular flexibility index (Phi) is 7.26. The highest BCUT2D eigenvalue weighted by Crippen LogP contribution is 2.69. The van der Waals surface area contributed by atoms with E-state index in [1.807, 2.05) is 13.8 Å². The molecule has 0 heterocycles. The predicted molar refractivity (Wildman–Crippen MR) is 137 cm³/mol. The van der Waals surface area contributed by atoms with Crippen LogP contribution in [-0.4, -0.2) is 44.7 Å². The van der Waals surface area contributed by atoms with Crippen molar-refractivity contribution in [1.82, 2.24) is 0 Å². The number of hydrogen-bond acceptors (Lipinski definition) is 5. The first kappa shape index (κ1) is 27.4. The van der Waals surface area contributed by atoms with Gasteiger partial charge in [-0.3, -0.25) is 4.79 Å². The summed E-state index contributed by atoms with van der Waals surface area (Å²) in [6.07, 6.45) is 8.46. The molecule has 4 rings (SSSR count). The minimum atomic E-state index is -1.15. The first-order valence-electron chi connectivity index (χ1n) is 14.4. The van der Waals surface area contributed by atoms with Crippen molar-refractivity contribution < 1.29 is 24.9 Å². The minimum Gasteiger partial charge on any atom is -0.459 e. The van der Waals surface area contributed by atoms with Gasteiger partial charge < -0.3 is 20.1 Å². The van der Waals surface area contributed by atoms with Crippen LogP contribution in [0.15, 0.2) is 0 Å². The monoisotopic (exact) mass is 492 g/mol. The molecule has 202 valence electrons. The summed E-state index contributed by atoms with van der Waals surface area (Å²) < 4.78 is 5.85. The van der Waals surface area contributed by atoms with Gasteiger partial charge in [-0.1, -0.05) is 34.1 Å². The van der Waals surface area contributed by atoms with Gasteiger partial charge in [0.2, 0.25) is 0 Å². The molecule has 4 saturated carbocycles. The number of aliphatic hydroxyl groups excluding tert-OH is 1. The number of fused-ring (bicyclic) bond motifs is 5. The first-order valence-corrected chi connectivity index (χ1v) is 14.4. The van der Waals surface area contributed by atoms with E-state index in [2.05, 4.69) is 27.7 Å². The minimum absolute atomic E-state index is 0.277. The van der Waals surface area contributed by atoms with Crippen LogP contribution >= 0.6 is 0 Å². The molecular formula is C30H52O5. The molecule has 11 unspecified atom stereocenters. The maximum atomic E-state index is 12.1. The molecule has 0 spiro atoms. The van der Waals surface area contributed by atoms with Crippen molar-refractivity contribution in [3.63, 3.8) is 0 Å². The fraction of sp³-hybridized carbons (Fsp3) is 0.967. The SMILES string of the molecule is CC(=O)OC1CC2C3CCC(C(C)CCC(C)C(C)(C)O)C3(C)CCC2C2(C)CCC(O)CC12O. The quantitative estimate of drug-likeness (QED) is 0.427. The fourth-order valence-electron chi connectivity index (χ4n) is 9.62. The van der Waals surface area contributed by atoms with Crippen LogP contribution in [-0.2, 0) is 9.53 Å². The summed E-state index contributed by atoms with van der Waals surface area (Å²) >= 11 is 0. The topological polar surface area (TPSA) is 87.0 Å². The highest BCUT2D eigenvalue weighted by Gasteiger charge is 2.68. The van der Waals surface area contributed by atoms with Gasteiger partial charge in [0, 0.05) is 18.8 Å². The van der Waals surface area contributed by atoms with E-state index < -0.39 is 23.4 Å². The summed E-state index contributed by atoms with van der Waals surface area (Å²) in [7, 11) is 0. The van der Waals surface area contributed by atoms with Crippen LogP contribution < -0.4 is 0 Å². The van der Waals surface area contributed by atoms with E-state index in [0.29, 0.717) is 36.0 Å². The van der Waals surface area contributed by atoms with Crippen LogP contribution in [0.2, 0.25) is 0 Å². The molecule has 3 N–H and O–H groups in total. The Balaban J connectivity index is 1.57. The van der Waals surface area contributed by atoms with Gasteiger partial charge in [-0.2, -0.15) is 0 Å². The summed E-state index contributed by atoms with van der Waals surface area (Å²) in [4.78, 5) is 12.1.